The van der Waals surface area contributed by atoms with E-state index in [1.807, 2.05) is 19.9 Å². The predicted octanol–water partition coefficient (Wildman–Crippen LogP) is 1.48. The zero-order chi connectivity index (χ0) is 17.0. The van der Waals surface area contributed by atoms with Crippen LogP contribution in [0, 0.1) is 17.2 Å². The lowest BCUT2D eigenvalue weighted by molar-refractivity contribution is -0.135. The lowest BCUT2D eigenvalue weighted by atomic mass is 10.0. The Morgan fingerprint density at radius 3 is 2.57 bits per heavy atom. The van der Waals surface area contributed by atoms with Gasteiger partial charge in [-0.1, -0.05) is 13.8 Å². The molecule has 0 aliphatic carbocycles. The number of rotatable bonds is 4. The van der Waals surface area contributed by atoms with Crippen LogP contribution in [0.15, 0.2) is 29.2 Å². The number of nitrogens with zero attached hydrogens (tertiary/aromatic N) is 2. The number of amides is 1. The number of sulfonamides is 1. The largest absolute Gasteiger partial charge is 0.341 e. The molecular weight excluding hydrogens is 314 g/mol. The summed E-state index contributed by atoms with van der Waals surface area (Å²) in [7, 11) is -3.65. The van der Waals surface area contributed by atoms with Crippen LogP contribution in [0.5, 0.6) is 0 Å². The average molecular weight is 335 g/mol. The lowest BCUT2D eigenvalue weighted by Crippen LogP contribution is -2.50. The fourth-order valence-corrected chi connectivity index (χ4v) is 3.90. The SMILES string of the molecule is CC(C)C(=O)N1CCCC(NS(=O)(=O)c2ccc(C#N)cc2)C1. The van der Waals surface area contributed by atoms with Gasteiger partial charge in [0.1, 0.15) is 0 Å². The summed E-state index contributed by atoms with van der Waals surface area (Å²) < 4.78 is 27.5. The second kappa shape index (κ2) is 7.11. The van der Waals surface area contributed by atoms with Gasteiger partial charge in [-0.2, -0.15) is 5.26 Å². The van der Waals surface area contributed by atoms with Crippen molar-refractivity contribution in [1.82, 2.24) is 9.62 Å². The number of carbonyl (C=O) groups excluding carboxylic acids is 1. The molecule has 6 nitrogen and oxygen atoms in total. The monoisotopic (exact) mass is 335 g/mol. The van der Waals surface area contributed by atoms with E-state index in [0.29, 0.717) is 25.1 Å². The van der Waals surface area contributed by atoms with Crippen molar-refractivity contribution in [2.24, 2.45) is 5.92 Å². The van der Waals surface area contributed by atoms with E-state index >= 15 is 0 Å². The molecule has 124 valence electrons. The summed E-state index contributed by atoms with van der Waals surface area (Å²) in [4.78, 5) is 13.9. The van der Waals surface area contributed by atoms with E-state index in [9.17, 15) is 13.2 Å². The quantitative estimate of drug-likeness (QED) is 0.902. The maximum Gasteiger partial charge on any atom is 0.240 e. The molecule has 1 unspecified atom stereocenters. The van der Waals surface area contributed by atoms with Gasteiger partial charge in [0, 0.05) is 25.0 Å². The first-order valence-corrected chi connectivity index (χ1v) is 9.13. The molecule has 1 aliphatic heterocycles. The summed E-state index contributed by atoms with van der Waals surface area (Å²) in [6, 6.07) is 7.46. The minimum atomic E-state index is -3.65. The molecule has 23 heavy (non-hydrogen) atoms. The Hall–Kier alpha value is -1.91. The first-order valence-electron chi connectivity index (χ1n) is 7.65. The van der Waals surface area contributed by atoms with Gasteiger partial charge in [0.2, 0.25) is 15.9 Å². The maximum absolute atomic E-state index is 12.4. The molecule has 0 radical (unpaired) electrons. The first kappa shape index (κ1) is 17.4. The highest BCUT2D eigenvalue weighted by molar-refractivity contribution is 7.89. The molecule has 1 atom stereocenters. The smallest absolute Gasteiger partial charge is 0.240 e. The summed E-state index contributed by atoms with van der Waals surface area (Å²) in [6.07, 6.45) is 1.48. The van der Waals surface area contributed by atoms with Gasteiger partial charge >= 0.3 is 0 Å². The molecule has 1 N–H and O–H groups in total. The highest BCUT2D eigenvalue weighted by Crippen LogP contribution is 2.16. The molecule has 1 aliphatic rings. The van der Waals surface area contributed by atoms with Crippen molar-refractivity contribution in [2.45, 2.75) is 37.6 Å². The van der Waals surface area contributed by atoms with Crippen molar-refractivity contribution in [1.29, 1.82) is 5.26 Å². The Balaban J connectivity index is 2.07. The molecule has 2 rings (SSSR count). The fourth-order valence-electron chi connectivity index (χ4n) is 2.63. The van der Waals surface area contributed by atoms with Gasteiger partial charge in [-0.25, -0.2) is 13.1 Å². The number of carbonyl (C=O) groups is 1. The minimum Gasteiger partial charge on any atom is -0.341 e. The highest BCUT2D eigenvalue weighted by atomic mass is 32.2. The van der Waals surface area contributed by atoms with Crippen molar-refractivity contribution in [2.75, 3.05) is 13.1 Å². The third kappa shape index (κ3) is 4.30. The number of nitrogens with one attached hydrogen (secondary N) is 1. The predicted molar refractivity (Wildman–Crippen MR) is 85.9 cm³/mol. The number of benzene rings is 1. The Bertz CT molecular complexity index is 705. The summed E-state index contributed by atoms with van der Waals surface area (Å²) in [5.41, 5.74) is 0.412. The van der Waals surface area contributed by atoms with Crippen LogP contribution in [-0.4, -0.2) is 38.4 Å². The number of likely N-dealkylation sites (tertiary alicyclic amines) is 1. The van der Waals surface area contributed by atoms with Gasteiger partial charge in [-0.3, -0.25) is 4.79 Å². The molecule has 1 saturated heterocycles. The van der Waals surface area contributed by atoms with E-state index in [0.717, 1.165) is 6.42 Å². The maximum atomic E-state index is 12.4. The van der Waals surface area contributed by atoms with Crippen LogP contribution in [0.25, 0.3) is 0 Å². The molecule has 7 heteroatoms. The Morgan fingerprint density at radius 2 is 2.00 bits per heavy atom. The van der Waals surface area contributed by atoms with E-state index < -0.39 is 10.0 Å². The summed E-state index contributed by atoms with van der Waals surface area (Å²) >= 11 is 0. The van der Waals surface area contributed by atoms with Crippen LogP contribution in [0.4, 0.5) is 0 Å². The Labute approximate surface area is 137 Å². The summed E-state index contributed by atoms with van der Waals surface area (Å²) in [6.45, 7) is 4.75. The fraction of sp³-hybridized carbons (Fsp3) is 0.500. The van der Waals surface area contributed by atoms with Gasteiger partial charge in [-0.05, 0) is 37.1 Å². The molecule has 1 aromatic carbocycles. The normalized spacial score (nSPS) is 18.7. The lowest BCUT2D eigenvalue weighted by Gasteiger charge is -2.34. The Kier molecular flexibility index (Phi) is 5.39. The molecule has 0 bridgehead atoms. The van der Waals surface area contributed by atoms with E-state index in [4.69, 9.17) is 5.26 Å². The van der Waals surface area contributed by atoms with Crippen molar-refractivity contribution >= 4 is 15.9 Å². The summed E-state index contributed by atoms with van der Waals surface area (Å²) in [5, 5.41) is 8.77. The Morgan fingerprint density at radius 1 is 1.35 bits per heavy atom. The zero-order valence-corrected chi connectivity index (χ0v) is 14.1. The van der Waals surface area contributed by atoms with Gasteiger partial charge in [0.25, 0.3) is 0 Å². The molecular formula is C16H21N3O3S. The molecule has 1 fully saturated rings. The molecule has 1 aromatic rings. The van der Waals surface area contributed by atoms with Gasteiger partial charge < -0.3 is 4.90 Å². The molecule has 0 aromatic heterocycles. The van der Waals surface area contributed by atoms with Crippen LogP contribution in [-0.2, 0) is 14.8 Å². The second-order valence-electron chi connectivity index (χ2n) is 6.04. The number of nitriles is 1. The van der Waals surface area contributed by atoms with E-state index in [-0.39, 0.29) is 22.8 Å². The third-order valence-electron chi connectivity index (χ3n) is 3.84. The van der Waals surface area contributed by atoms with Crippen LogP contribution < -0.4 is 4.72 Å². The van der Waals surface area contributed by atoms with Crippen molar-refractivity contribution in [3.63, 3.8) is 0 Å². The standard InChI is InChI=1S/C16H21N3O3S/c1-12(2)16(20)19-9-3-4-14(11-19)18-23(21,22)15-7-5-13(10-17)6-8-15/h5-8,12,14,18H,3-4,9,11H2,1-2H3. The molecule has 0 spiro atoms. The number of piperidine rings is 1. The van der Waals surface area contributed by atoms with Crippen molar-refractivity contribution in [3.05, 3.63) is 29.8 Å². The number of hydrogen-bond donors (Lipinski definition) is 1. The van der Waals surface area contributed by atoms with Gasteiger partial charge in [-0.15, -0.1) is 0 Å². The van der Waals surface area contributed by atoms with E-state index in [1.54, 1.807) is 4.90 Å². The zero-order valence-electron chi connectivity index (χ0n) is 13.3. The van der Waals surface area contributed by atoms with E-state index in [2.05, 4.69) is 4.72 Å². The minimum absolute atomic E-state index is 0.0484. The van der Waals surface area contributed by atoms with Gasteiger partial charge in [0.05, 0.1) is 16.5 Å². The topological polar surface area (TPSA) is 90.3 Å². The molecule has 0 saturated carbocycles. The third-order valence-corrected chi connectivity index (χ3v) is 5.38. The number of hydrogen-bond acceptors (Lipinski definition) is 4. The second-order valence-corrected chi connectivity index (χ2v) is 7.75. The van der Waals surface area contributed by atoms with Crippen LogP contribution in [0.2, 0.25) is 0 Å². The molecule has 1 amide bonds. The summed E-state index contributed by atoms with van der Waals surface area (Å²) in [5.74, 6) is -0.0452. The van der Waals surface area contributed by atoms with Crippen LogP contribution in [0.3, 0.4) is 0 Å². The van der Waals surface area contributed by atoms with Crippen LogP contribution in [0.1, 0.15) is 32.3 Å². The highest BCUT2D eigenvalue weighted by Gasteiger charge is 2.28. The van der Waals surface area contributed by atoms with Crippen LogP contribution >= 0.6 is 0 Å². The van der Waals surface area contributed by atoms with Crippen molar-refractivity contribution < 1.29 is 13.2 Å². The first-order chi connectivity index (χ1) is 10.8. The average Bonchev–Trinajstić information content (AvgIpc) is 2.54. The van der Waals surface area contributed by atoms with Crippen molar-refractivity contribution in [3.8, 4) is 6.07 Å². The van der Waals surface area contributed by atoms with E-state index in [1.165, 1.54) is 24.3 Å². The van der Waals surface area contributed by atoms with Gasteiger partial charge in [0.15, 0.2) is 0 Å². The molecule has 1 heterocycles.